The van der Waals surface area contributed by atoms with Crippen LogP contribution in [0.15, 0.2) is 5.38 Å². The molecule has 1 aromatic heterocycles. The SMILES string of the molecule is CCc1nc(CN(C)C#N)cs1. The second kappa shape index (κ2) is 4.07. The average Bonchev–Trinajstić information content (AvgIpc) is 2.52. The second-order valence-electron chi connectivity index (χ2n) is 2.54. The minimum atomic E-state index is 0.618. The highest BCUT2D eigenvalue weighted by molar-refractivity contribution is 7.09. The third-order valence-corrected chi connectivity index (χ3v) is 2.51. The smallest absolute Gasteiger partial charge is 0.179 e. The summed E-state index contributed by atoms with van der Waals surface area (Å²) in [7, 11) is 1.75. The molecule has 0 aliphatic heterocycles. The third-order valence-electron chi connectivity index (χ3n) is 1.47. The fourth-order valence-corrected chi connectivity index (χ4v) is 1.60. The standard InChI is InChI=1S/C8H11N3S/c1-3-8-10-7(5-12-8)4-11(2)6-9/h5H,3-4H2,1-2H3. The van der Waals surface area contributed by atoms with E-state index in [0.717, 1.165) is 17.1 Å². The van der Waals surface area contributed by atoms with Crippen LogP contribution in [0.25, 0.3) is 0 Å². The van der Waals surface area contributed by atoms with Crippen molar-refractivity contribution in [2.45, 2.75) is 19.9 Å². The number of nitrogens with zero attached hydrogens (tertiary/aromatic N) is 3. The normalized spacial score (nSPS) is 9.42. The fourth-order valence-electron chi connectivity index (χ4n) is 0.862. The summed E-state index contributed by atoms with van der Waals surface area (Å²) >= 11 is 1.65. The molecule has 0 aliphatic carbocycles. The van der Waals surface area contributed by atoms with Crippen LogP contribution in [0, 0.1) is 11.5 Å². The van der Waals surface area contributed by atoms with Gasteiger partial charge in [0.05, 0.1) is 17.2 Å². The van der Waals surface area contributed by atoms with E-state index in [-0.39, 0.29) is 0 Å². The van der Waals surface area contributed by atoms with Gasteiger partial charge in [-0.05, 0) is 6.42 Å². The van der Waals surface area contributed by atoms with Gasteiger partial charge in [-0.2, -0.15) is 5.26 Å². The van der Waals surface area contributed by atoms with Crippen molar-refractivity contribution in [2.75, 3.05) is 7.05 Å². The zero-order chi connectivity index (χ0) is 8.97. The summed E-state index contributed by atoms with van der Waals surface area (Å²) < 4.78 is 0. The van der Waals surface area contributed by atoms with Crippen molar-refractivity contribution in [1.82, 2.24) is 9.88 Å². The molecule has 0 bridgehead atoms. The predicted octanol–water partition coefficient (Wildman–Crippen LogP) is 1.62. The molecule has 1 aromatic rings. The quantitative estimate of drug-likeness (QED) is 0.525. The van der Waals surface area contributed by atoms with Crippen LogP contribution < -0.4 is 0 Å². The average molecular weight is 181 g/mol. The summed E-state index contributed by atoms with van der Waals surface area (Å²) in [5.41, 5.74) is 0.987. The van der Waals surface area contributed by atoms with Gasteiger partial charge >= 0.3 is 0 Å². The zero-order valence-electron chi connectivity index (χ0n) is 7.24. The Kier molecular flexibility index (Phi) is 3.06. The largest absolute Gasteiger partial charge is 0.308 e. The molecule has 3 nitrogen and oxygen atoms in total. The summed E-state index contributed by atoms with van der Waals surface area (Å²) in [5, 5.41) is 11.7. The lowest BCUT2D eigenvalue weighted by molar-refractivity contribution is 0.463. The first-order chi connectivity index (χ1) is 5.76. The van der Waals surface area contributed by atoms with E-state index in [2.05, 4.69) is 11.9 Å². The minimum absolute atomic E-state index is 0.618. The van der Waals surface area contributed by atoms with Crippen LogP contribution in [-0.2, 0) is 13.0 Å². The van der Waals surface area contributed by atoms with E-state index in [4.69, 9.17) is 5.26 Å². The van der Waals surface area contributed by atoms with E-state index < -0.39 is 0 Å². The number of aromatic nitrogens is 1. The lowest BCUT2D eigenvalue weighted by atomic mass is 10.4. The first kappa shape index (κ1) is 9.01. The van der Waals surface area contributed by atoms with Gasteiger partial charge in [0.2, 0.25) is 0 Å². The summed E-state index contributed by atoms with van der Waals surface area (Å²) in [6.45, 7) is 2.70. The van der Waals surface area contributed by atoms with Gasteiger partial charge in [-0.1, -0.05) is 6.92 Å². The predicted molar refractivity (Wildman–Crippen MR) is 48.6 cm³/mol. The topological polar surface area (TPSA) is 39.9 Å². The lowest BCUT2D eigenvalue weighted by Gasteiger charge is -2.04. The maximum atomic E-state index is 8.51. The van der Waals surface area contributed by atoms with Gasteiger partial charge in [0.15, 0.2) is 6.19 Å². The van der Waals surface area contributed by atoms with Crippen molar-refractivity contribution in [1.29, 1.82) is 5.26 Å². The highest BCUT2D eigenvalue weighted by atomic mass is 32.1. The van der Waals surface area contributed by atoms with Gasteiger partial charge < -0.3 is 4.90 Å². The number of aryl methyl sites for hydroxylation is 1. The summed E-state index contributed by atoms with van der Waals surface area (Å²) in [6.07, 6.45) is 3.01. The number of thiazole rings is 1. The van der Waals surface area contributed by atoms with E-state index in [0.29, 0.717) is 6.54 Å². The van der Waals surface area contributed by atoms with Crippen LogP contribution >= 0.6 is 11.3 Å². The van der Waals surface area contributed by atoms with Gasteiger partial charge in [-0.3, -0.25) is 0 Å². The van der Waals surface area contributed by atoms with Crippen LogP contribution in [0.1, 0.15) is 17.6 Å². The van der Waals surface area contributed by atoms with Crippen LogP contribution in [-0.4, -0.2) is 16.9 Å². The maximum absolute atomic E-state index is 8.51. The Morgan fingerprint density at radius 3 is 3.00 bits per heavy atom. The summed E-state index contributed by atoms with van der Waals surface area (Å²) in [6, 6.07) is 0. The highest BCUT2D eigenvalue weighted by Gasteiger charge is 2.01. The molecule has 0 fully saturated rings. The lowest BCUT2D eigenvalue weighted by Crippen LogP contribution is -2.10. The van der Waals surface area contributed by atoms with Crippen LogP contribution in [0.3, 0.4) is 0 Å². The summed E-state index contributed by atoms with van der Waals surface area (Å²) in [5.74, 6) is 0. The van der Waals surface area contributed by atoms with E-state index in [1.54, 1.807) is 23.3 Å². The molecule has 0 amide bonds. The third kappa shape index (κ3) is 2.21. The van der Waals surface area contributed by atoms with E-state index in [1.165, 1.54) is 0 Å². The fraction of sp³-hybridized carbons (Fsp3) is 0.500. The summed E-state index contributed by atoms with van der Waals surface area (Å²) in [4.78, 5) is 5.91. The van der Waals surface area contributed by atoms with Gasteiger partial charge in [0.1, 0.15) is 0 Å². The highest BCUT2D eigenvalue weighted by Crippen LogP contribution is 2.11. The number of nitriles is 1. The molecule has 0 aliphatic rings. The van der Waals surface area contributed by atoms with Crippen LogP contribution in [0.4, 0.5) is 0 Å². The van der Waals surface area contributed by atoms with Crippen molar-refractivity contribution in [3.05, 3.63) is 16.1 Å². The molecule has 0 saturated carbocycles. The second-order valence-corrected chi connectivity index (χ2v) is 3.48. The first-order valence-corrected chi connectivity index (χ1v) is 4.68. The number of hydrogen-bond donors (Lipinski definition) is 0. The minimum Gasteiger partial charge on any atom is -0.308 e. The Morgan fingerprint density at radius 2 is 2.50 bits per heavy atom. The van der Waals surface area contributed by atoms with Crippen LogP contribution in [0.2, 0.25) is 0 Å². The van der Waals surface area contributed by atoms with Crippen molar-refractivity contribution < 1.29 is 0 Å². The van der Waals surface area contributed by atoms with Gasteiger partial charge in [-0.15, -0.1) is 11.3 Å². The molecule has 0 spiro atoms. The molecule has 4 heteroatoms. The molecule has 0 N–H and O–H groups in total. The molecule has 1 heterocycles. The van der Waals surface area contributed by atoms with E-state index in [1.807, 2.05) is 11.6 Å². The molecule has 1 rings (SSSR count). The van der Waals surface area contributed by atoms with Crippen molar-refractivity contribution in [3.8, 4) is 6.19 Å². The Labute approximate surface area is 76.3 Å². The zero-order valence-corrected chi connectivity index (χ0v) is 8.06. The number of hydrogen-bond acceptors (Lipinski definition) is 4. The van der Waals surface area contributed by atoms with E-state index >= 15 is 0 Å². The van der Waals surface area contributed by atoms with Crippen LogP contribution in [0.5, 0.6) is 0 Å². The Bertz CT molecular complexity index is 287. The molecule has 64 valence electrons. The molecule has 0 aromatic carbocycles. The molecular formula is C8H11N3S. The first-order valence-electron chi connectivity index (χ1n) is 3.80. The molecule has 0 saturated heterocycles. The Hall–Kier alpha value is -1.08. The van der Waals surface area contributed by atoms with Gasteiger partial charge in [0.25, 0.3) is 0 Å². The van der Waals surface area contributed by atoms with Crippen molar-refractivity contribution in [2.24, 2.45) is 0 Å². The van der Waals surface area contributed by atoms with Crippen molar-refractivity contribution in [3.63, 3.8) is 0 Å². The van der Waals surface area contributed by atoms with Crippen molar-refractivity contribution >= 4 is 11.3 Å². The Balaban J connectivity index is 2.59. The number of rotatable bonds is 3. The van der Waals surface area contributed by atoms with Gasteiger partial charge in [-0.25, -0.2) is 4.98 Å². The molecule has 0 unspecified atom stereocenters. The molecule has 0 radical (unpaired) electrons. The van der Waals surface area contributed by atoms with Gasteiger partial charge in [0, 0.05) is 12.4 Å². The monoisotopic (exact) mass is 181 g/mol. The van der Waals surface area contributed by atoms with E-state index in [9.17, 15) is 0 Å². The maximum Gasteiger partial charge on any atom is 0.179 e. The molecule has 12 heavy (non-hydrogen) atoms. The molecule has 0 atom stereocenters. The molecular weight excluding hydrogens is 170 g/mol. The Morgan fingerprint density at radius 1 is 1.75 bits per heavy atom.